The molecule has 1 unspecified atom stereocenters. The maximum Gasteiger partial charge on any atom is 0.0429 e. The molecule has 2 rings (SSSR count). The van der Waals surface area contributed by atoms with Crippen LogP contribution < -0.4 is 5.73 Å². The van der Waals surface area contributed by atoms with Gasteiger partial charge in [0.05, 0.1) is 0 Å². The molecule has 2 nitrogen and oxygen atoms in total. The minimum Gasteiger partial charge on any atom is -0.399 e. The van der Waals surface area contributed by atoms with Crippen LogP contribution in [-0.4, -0.2) is 17.5 Å². The maximum atomic E-state index is 6.04. The first-order chi connectivity index (χ1) is 8.06. The smallest absolute Gasteiger partial charge is 0.0429 e. The van der Waals surface area contributed by atoms with Crippen molar-refractivity contribution in [1.82, 2.24) is 4.90 Å². The van der Waals surface area contributed by atoms with Gasteiger partial charge in [0.2, 0.25) is 0 Å². The topological polar surface area (TPSA) is 29.3 Å². The Kier molecular flexibility index (Phi) is 3.95. The summed E-state index contributed by atoms with van der Waals surface area (Å²) >= 11 is 6.04. The molecule has 0 aliphatic carbocycles. The highest BCUT2D eigenvalue weighted by atomic mass is 35.5. The molecule has 3 heteroatoms. The molecule has 0 spiro atoms. The third-order valence-corrected chi connectivity index (χ3v) is 3.77. The summed E-state index contributed by atoms with van der Waals surface area (Å²) in [7, 11) is 0. The number of hydrogen-bond acceptors (Lipinski definition) is 2. The van der Waals surface area contributed by atoms with Gasteiger partial charge in [-0.15, -0.1) is 0 Å². The van der Waals surface area contributed by atoms with E-state index in [4.69, 9.17) is 17.3 Å². The number of nitrogen functional groups attached to an aromatic ring is 1. The van der Waals surface area contributed by atoms with Gasteiger partial charge in [-0.05, 0) is 49.1 Å². The van der Waals surface area contributed by atoms with Crippen LogP contribution in [0, 0.1) is 5.92 Å². The van der Waals surface area contributed by atoms with E-state index in [1.54, 1.807) is 6.07 Å². The van der Waals surface area contributed by atoms with Gasteiger partial charge in [-0.25, -0.2) is 0 Å². The van der Waals surface area contributed by atoms with Gasteiger partial charge < -0.3 is 5.73 Å². The Balaban J connectivity index is 2.09. The predicted octanol–water partition coefficient (Wildman–Crippen LogP) is 3.54. The molecule has 1 aromatic rings. The summed E-state index contributed by atoms with van der Waals surface area (Å²) in [5.74, 6) is 0.717. The second-order valence-electron chi connectivity index (χ2n) is 5.32. The molecule has 1 aliphatic rings. The Hall–Kier alpha value is -0.730. The summed E-state index contributed by atoms with van der Waals surface area (Å²) in [5, 5.41) is 0.736. The van der Waals surface area contributed by atoms with E-state index in [0.717, 1.165) is 17.3 Å². The molecule has 0 amide bonds. The number of halogens is 1. The summed E-state index contributed by atoms with van der Waals surface area (Å²) in [5.41, 5.74) is 7.81. The lowest BCUT2D eigenvalue weighted by atomic mass is 10.0. The zero-order valence-corrected chi connectivity index (χ0v) is 11.4. The van der Waals surface area contributed by atoms with Crippen LogP contribution in [0.2, 0.25) is 5.02 Å². The summed E-state index contributed by atoms with van der Waals surface area (Å²) in [6.07, 6.45) is 2.62. The van der Waals surface area contributed by atoms with Crippen LogP contribution in [0.15, 0.2) is 18.2 Å². The zero-order chi connectivity index (χ0) is 12.4. The molecule has 1 heterocycles. The van der Waals surface area contributed by atoms with Gasteiger partial charge in [0.1, 0.15) is 0 Å². The number of benzene rings is 1. The lowest BCUT2D eigenvalue weighted by Gasteiger charge is -2.27. The van der Waals surface area contributed by atoms with Crippen LogP contribution in [0.1, 0.15) is 32.3 Å². The summed E-state index contributed by atoms with van der Waals surface area (Å²) in [6, 6.07) is 6.56. The third kappa shape index (κ3) is 3.14. The molecule has 0 radical (unpaired) electrons. The largest absolute Gasteiger partial charge is 0.399 e. The number of hydrogen-bond donors (Lipinski definition) is 1. The fourth-order valence-electron chi connectivity index (χ4n) is 2.80. The van der Waals surface area contributed by atoms with Crippen molar-refractivity contribution in [2.24, 2.45) is 5.92 Å². The molecule has 94 valence electrons. The highest BCUT2D eigenvalue weighted by molar-refractivity contribution is 6.30. The average molecular weight is 253 g/mol. The first kappa shape index (κ1) is 12.7. The second-order valence-corrected chi connectivity index (χ2v) is 5.75. The standard InChI is InChI=1S/C14H21ClN2/c1-10(2)14-4-3-5-17(14)9-11-6-12(15)8-13(16)7-11/h6-8,10,14H,3-5,9,16H2,1-2H3. The van der Waals surface area contributed by atoms with E-state index < -0.39 is 0 Å². The van der Waals surface area contributed by atoms with E-state index in [9.17, 15) is 0 Å². The molecule has 0 bridgehead atoms. The van der Waals surface area contributed by atoms with Crippen molar-refractivity contribution in [1.29, 1.82) is 0 Å². The van der Waals surface area contributed by atoms with Crippen molar-refractivity contribution in [3.05, 3.63) is 28.8 Å². The van der Waals surface area contributed by atoms with Gasteiger partial charge in [-0.1, -0.05) is 25.4 Å². The Bertz CT molecular complexity index is 370. The minimum atomic E-state index is 0.704. The molecule has 2 N–H and O–H groups in total. The Morgan fingerprint density at radius 3 is 2.82 bits per heavy atom. The molecule has 1 atom stereocenters. The first-order valence-corrected chi connectivity index (χ1v) is 6.73. The van der Waals surface area contributed by atoms with Crippen LogP contribution in [0.5, 0.6) is 0 Å². The second kappa shape index (κ2) is 5.28. The quantitative estimate of drug-likeness (QED) is 0.834. The average Bonchev–Trinajstić information content (AvgIpc) is 2.63. The predicted molar refractivity (Wildman–Crippen MR) is 74.1 cm³/mol. The monoisotopic (exact) mass is 252 g/mol. The maximum absolute atomic E-state index is 6.04. The van der Waals surface area contributed by atoms with Crippen LogP contribution in [0.25, 0.3) is 0 Å². The van der Waals surface area contributed by atoms with Gasteiger partial charge in [0, 0.05) is 23.3 Å². The van der Waals surface area contributed by atoms with E-state index in [1.807, 2.05) is 12.1 Å². The molecule has 0 saturated carbocycles. The third-order valence-electron chi connectivity index (χ3n) is 3.55. The molecule has 1 fully saturated rings. The van der Waals surface area contributed by atoms with Gasteiger partial charge in [-0.2, -0.15) is 0 Å². The van der Waals surface area contributed by atoms with Crippen molar-refractivity contribution in [3.8, 4) is 0 Å². The van der Waals surface area contributed by atoms with Crippen molar-refractivity contribution in [2.75, 3.05) is 12.3 Å². The summed E-state index contributed by atoms with van der Waals surface area (Å²) < 4.78 is 0. The summed E-state index contributed by atoms with van der Waals surface area (Å²) in [4.78, 5) is 2.55. The van der Waals surface area contributed by atoms with Crippen LogP contribution in [0.4, 0.5) is 5.69 Å². The molecule has 1 saturated heterocycles. The van der Waals surface area contributed by atoms with Gasteiger partial charge >= 0.3 is 0 Å². The normalized spacial score (nSPS) is 21.3. The van der Waals surface area contributed by atoms with Crippen molar-refractivity contribution >= 4 is 17.3 Å². The Morgan fingerprint density at radius 2 is 2.18 bits per heavy atom. The Labute approximate surface area is 109 Å². The molecule has 1 aromatic carbocycles. The van der Waals surface area contributed by atoms with Crippen LogP contribution >= 0.6 is 11.6 Å². The van der Waals surface area contributed by atoms with Gasteiger partial charge in [0.15, 0.2) is 0 Å². The fourth-order valence-corrected chi connectivity index (χ4v) is 3.07. The fraction of sp³-hybridized carbons (Fsp3) is 0.571. The van der Waals surface area contributed by atoms with Crippen LogP contribution in [0.3, 0.4) is 0 Å². The minimum absolute atomic E-state index is 0.704. The van der Waals surface area contributed by atoms with Crippen LogP contribution in [-0.2, 0) is 6.54 Å². The highest BCUT2D eigenvalue weighted by Gasteiger charge is 2.26. The molecule has 1 aliphatic heterocycles. The number of anilines is 1. The van der Waals surface area contributed by atoms with Crippen molar-refractivity contribution < 1.29 is 0 Å². The highest BCUT2D eigenvalue weighted by Crippen LogP contribution is 2.26. The zero-order valence-electron chi connectivity index (χ0n) is 10.6. The van der Waals surface area contributed by atoms with Crippen molar-refractivity contribution in [2.45, 2.75) is 39.3 Å². The molecule has 17 heavy (non-hydrogen) atoms. The van der Waals surface area contributed by atoms with E-state index in [2.05, 4.69) is 18.7 Å². The van der Waals surface area contributed by atoms with E-state index in [0.29, 0.717) is 12.0 Å². The molecular weight excluding hydrogens is 232 g/mol. The Morgan fingerprint density at radius 1 is 1.41 bits per heavy atom. The number of nitrogens with zero attached hydrogens (tertiary/aromatic N) is 1. The van der Waals surface area contributed by atoms with E-state index in [-0.39, 0.29) is 0 Å². The first-order valence-electron chi connectivity index (χ1n) is 6.35. The SMILES string of the molecule is CC(C)C1CCCN1Cc1cc(N)cc(Cl)c1. The lowest BCUT2D eigenvalue weighted by Crippen LogP contribution is -2.32. The number of nitrogens with two attached hydrogens (primary N) is 1. The molecular formula is C14H21ClN2. The summed E-state index contributed by atoms with van der Waals surface area (Å²) in [6.45, 7) is 6.76. The van der Waals surface area contributed by atoms with Gasteiger partial charge in [-0.3, -0.25) is 4.90 Å². The van der Waals surface area contributed by atoms with Crippen molar-refractivity contribution in [3.63, 3.8) is 0 Å². The van der Waals surface area contributed by atoms with E-state index >= 15 is 0 Å². The molecule has 0 aromatic heterocycles. The van der Waals surface area contributed by atoms with Gasteiger partial charge in [0.25, 0.3) is 0 Å². The lowest BCUT2D eigenvalue weighted by molar-refractivity contribution is 0.199. The number of rotatable bonds is 3. The number of likely N-dealkylation sites (tertiary alicyclic amines) is 1. The van der Waals surface area contributed by atoms with E-state index in [1.165, 1.54) is 24.9 Å².